The van der Waals surface area contributed by atoms with Gasteiger partial charge in [0.1, 0.15) is 0 Å². The molecular weight excluding hydrogens is 198 g/mol. The van der Waals surface area contributed by atoms with Crippen molar-refractivity contribution in [3.05, 3.63) is 12.3 Å². The van der Waals surface area contributed by atoms with Crippen LogP contribution < -0.4 is 0 Å². The molecule has 15 heavy (non-hydrogen) atoms. The van der Waals surface area contributed by atoms with Crippen LogP contribution >= 0.6 is 0 Å². The molecule has 0 atom stereocenters. The van der Waals surface area contributed by atoms with Gasteiger partial charge < -0.3 is 4.90 Å². The van der Waals surface area contributed by atoms with Crippen molar-refractivity contribution in [2.75, 3.05) is 13.1 Å². The van der Waals surface area contributed by atoms with Crippen molar-refractivity contribution in [1.29, 1.82) is 0 Å². The standard InChI is InChI=1S/C13H27NSi/c1-4-15(5-2,6-3)13-9-12-14-10-7-8-11-14/h9,12H,4-8,10-11,13H2,1-3H3/b12-9+. The highest BCUT2D eigenvalue weighted by Gasteiger charge is 2.24. The second-order valence-electron chi connectivity index (χ2n) is 4.89. The first-order chi connectivity index (χ1) is 7.26. The molecule has 1 heterocycles. The van der Waals surface area contributed by atoms with Crippen LogP contribution in [-0.2, 0) is 0 Å². The summed E-state index contributed by atoms with van der Waals surface area (Å²) < 4.78 is 0. The highest BCUT2D eigenvalue weighted by atomic mass is 28.3. The molecule has 0 aliphatic carbocycles. The Labute approximate surface area is 96.6 Å². The van der Waals surface area contributed by atoms with Gasteiger partial charge in [0, 0.05) is 13.1 Å². The zero-order valence-corrected chi connectivity index (χ0v) is 11.8. The molecule has 1 rings (SSSR count). The van der Waals surface area contributed by atoms with Crippen LogP contribution in [0.3, 0.4) is 0 Å². The molecule has 0 radical (unpaired) electrons. The van der Waals surface area contributed by atoms with Crippen molar-refractivity contribution >= 4 is 8.07 Å². The van der Waals surface area contributed by atoms with Crippen molar-refractivity contribution < 1.29 is 0 Å². The summed E-state index contributed by atoms with van der Waals surface area (Å²) in [5.74, 6) is 0. The van der Waals surface area contributed by atoms with E-state index in [1.807, 2.05) is 0 Å². The average Bonchev–Trinajstić information content (AvgIpc) is 2.78. The van der Waals surface area contributed by atoms with E-state index in [1.54, 1.807) is 0 Å². The summed E-state index contributed by atoms with van der Waals surface area (Å²) in [6.07, 6.45) is 7.62. The van der Waals surface area contributed by atoms with E-state index in [1.165, 1.54) is 50.1 Å². The molecular formula is C13H27NSi. The smallest absolute Gasteiger partial charge is 0.0565 e. The first-order valence-electron chi connectivity index (χ1n) is 6.67. The van der Waals surface area contributed by atoms with E-state index in [0.717, 1.165) is 0 Å². The van der Waals surface area contributed by atoms with E-state index in [2.05, 4.69) is 37.9 Å². The molecule has 0 aromatic carbocycles. The van der Waals surface area contributed by atoms with E-state index in [0.29, 0.717) is 0 Å². The predicted octanol–water partition coefficient (Wildman–Crippen LogP) is 4.10. The molecule has 0 amide bonds. The number of hydrogen-bond acceptors (Lipinski definition) is 1. The van der Waals surface area contributed by atoms with Crippen LogP contribution in [0, 0.1) is 0 Å². The summed E-state index contributed by atoms with van der Waals surface area (Å²) in [6.45, 7) is 9.75. The fourth-order valence-corrected chi connectivity index (χ4v) is 5.50. The minimum Gasteiger partial charge on any atom is -0.378 e. The van der Waals surface area contributed by atoms with Crippen LogP contribution in [0.2, 0.25) is 24.2 Å². The number of nitrogens with zero attached hydrogens (tertiary/aromatic N) is 1. The first kappa shape index (κ1) is 12.8. The third kappa shape index (κ3) is 3.67. The van der Waals surface area contributed by atoms with Crippen molar-refractivity contribution in [3.63, 3.8) is 0 Å². The van der Waals surface area contributed by atoms with E-state index in [9.17, 15) is 0 Å². The maximum absolute atomic E-state index is 2.49. The Kier molecular flexibility index (Phi) is 5.44. The van der Waals surface area contributed by atoms with E-state index >= 15 is 0 Å². The molecule has 0 N–H and O–H groups in total. The van der Waals surface area contributed by atoms with Gasteiger partial charge in [-0.05, 0) is 25.1 Å². The largest absolute Gasteiger partial charge is 0.378 e. The van der Waals surface area contributed by atoms with Crippen LogP contribution in [0.15, 0.2) is 12.3 Å². The third-order valence-corrected chi connectivity index (χ3v) is 9.86. The third-order valence-electron chi connectivity index (χ3n) is 4.26. The van der Waals surface area contributed by atoms with Crippen LogP contribution in [0.5, 0.6) is 0 Å². The summed E-state index contributed by atoms with van der Waals surface area (Å²) >= 11 is 0. The number of likely N-dealkylation sites (tertiary alicyclic amines) is 1. The second-order valence-corrected chi connectivity index (χ2v) is 10.4. The molecule has 1 nitrogen and oxygen atoms in total. The minimum absolute atomic E-state index is 0.903. The SMILES string of the molecule is CC[Si](CC)(CC)C/C=C/N1CCCC1. The zero-order chi connectivity index (χ0) is 11.1. The molecule has 0 aromatic rings. The average molecular weight is 225 g/mol. The van der Waals surface area contributed by atoms with Crippen LogP contribution in [-0.4, -0.2) is 26.1 Å². The molecule has 2 heteroatoms. The number of hydrogen-bond donors (Lipinski definition) is 0. The van der Waals surface area contributed by atoms with E-state index in [-0.39, 0.29) is 0 Å². The molecule has 0 aromatic heterocycles. The highest BCUT2D eigenvalue weighted by Crippen LogP contribution is 2.25. The Morgan fingerprint density at radius 3 is 2.00 bits per heavy atom. The lowest BCUT2D eigenvalue weighted by Crippen LogP contribution is -2.30. The lowest BCUT2D eigenvalue weighted by atomic mass is 10.4. The summed E-state index contributed by atoms with van der Waals surface area (Å²) in [6, 6.07) is 5.74. The minimum atomic E-state index is -0.903. The van der Waals surface area contributed by atoms with Crippen molar-refractivity contribution in [2.24, 2.45) is 0 Å². The van der Waals surface area contributed by atoms with Gasteiger partial charge in [0.2, 0.25) is 0 Å². The van der Waals surface area contributed by atoms with Gasteiger partial charge >= 0.3 is 0 Å². The van der Waals surface area contributed by atoms with Gasteiger partial charge in [0.25, 0.3) is 0 Å². The number of allylic oxidation sites excluding steroid dienone is 1. The lowest BCUT2D eigenvalue weighted by molar-refractivity contribution is 0.467. The molecule has 1 aliphatic heterocycles. The molecule has 88 valence electrons. The van der Waals surface area contributed by atoms with E-state index < -0.39 is 8.07 Å². The molecule has 0 spiro atoms. The van der Waals surface area contributed by atoms with Crippen molar-refractivity contribution in [2.45, 2.75) is 57.8 Å². The summed E-state index contributed by atoms with van der Waals surface area (Å²) in [4.78, 5) is 2.49. The number of rotatable bonds is 6. The summed E-state index contributed by atoms with van der Waals surface area (Å²) in [5.41, 5.74) is 0. The van der Waals surface area contributed by atoms with Gasteiger partial charge in [-0.3, -0.25) is 0 Å². The molecule has 0 unspecified atom stereocenters. The van der Waals surface area contributed by atoms with Gasteiger partial charge in [0.05, 0.1) is 8.07 Å². The van der Waals surface area contributed by atoms with Gasteiger partial charge in [-0.2, -0.15) is 0 Å². The Bertz CT molecular complexity index is 182. The fraction of sp³-hybridized carbons (Fsp3) is 0.846. The van der Waals surface area contributed by atoms with Crippen LogP contribution in [0.1, 0.15) is 33.6 Å². The maximum Gasteiger partial charge on any atom is 0.0565 e. The summed E-state index contributed by atoms with van der Waals surface area (Å²) in [7, 11) is -0.903. The Morgan fingerprint density at radius 1 is 1.00 bits per heavy atom. The van der Waals surface area contributed by atoms with Gasteiger partial charge in [-0.25, -0.2) is 0 Å². The Balaban J connectivity index is 2.38. The predicted molar refractivity (Wildman–Crippen MR) is 72.0 cm³/mol. The van der Waals surface area contributed by atoms with Crippen molar-refractivity contribution in [3.8, 4) is 0 Å². The van der Waals surface area contributed by atoms with Gasteiger partial charge in [-0.1, -0.05) is 45.0 Å². The second kappa shape index (κ2) is 6.36. The van der Waals surface area contributed by atoms with Crippen LogP contribution in [0.25, 0.3) is 0 Å². The fourth-order valence-electron chi connectivity index (χ4n) is 2.53. The Morgan fingerprint density at radius 2 is 1.53 bits per heavy atom. The maximum atomic E-state index is 2.49. The van der Waals surface area contributed by atoms with Crippen LogP contribution in [0.4, 0.5) is 0 Å². The topological polar surface area (TPSA) is 3.24 Å². The van der Waals surface area contributed by atoms with E-state index in [4.69, 9.17) is 0 Å². The van der Waals surface area contributed by atoms with Crippen molar-refractivity contribution in [1.82, 2.24) is 4.90 Å². The molecule has 0 saturated carbocycles. The zero-order valence-electron chi connectivity index (χ0n) is 10.8. The quantitative estimate of drug-likeness (QED) is 0.615. The Hall–Kier alpha value is -0.243. The van der Waals surface area contributed by atoms with Gasteiger partial charge in [0.15, 0.2) is 0 Å². The normalized spacial score (nSPS) is 17.9. The van der Waals surface area contributed by atoms with Gasteiger partial charge in [-0.15, -0.1) is 0 Å². The molecule has 1 saturated heterocycles. The highest BCUT2D eigenvalue weighted by molar-refractivity contribution is 6.80. The molecule has 0 bridgehead atoms. The molecule has 1 fully saturated rings. The first-order valence-corrected chi connectivity index (χ1v) is 9.50. The molecule has 1 aliphatic rings. The lowest BCUT2D eigenvalue weighted by Gasteiger charge is -2.26. The summed E-state index contributed by atoms with van der Waals surface area (Å²) in [5, 5.41) is 0. The monoisotopic (exact) mass is 225 g/mol.